The summed E-state index contributed by atoms with van der Waals surface area (Å²) < 4.78 is 20.9. The first-order valence-corrected chi connectivity index (χ1v) is 12.0. The number of hydrogen-bond acceptors (Lipinski definition) is 9. The Hall–Kier alpha value is -4.38. The maximum Gasteiger partial charge on any atom is 0.341 e. The minimum Gasteiger partial charge on any atom is -0.465 e. The van der Waals surface area contributed by atoms with E-state index in [0.29, 0.717) is 34.2 Å². The van der Waals surface area contributed by atoms with E-state index >= 15 is 0 Å². The Kier molecular flexibility index (Phi) is 7.73. The fourth-order valence-electron chi connectivity index (χ4n) is 3.76. The largest absolute Gasteiger partial charge is 0.465 e. The molecular weight excluding hydrogens is 500 g/mol. The first-order valence-electron chi connectivity index (χ1n) is 11.2. The number of methoxy groups -OCH3 is 1. The smallest absolute Gasteiger partial charge is 0.341 e. The number of ether oxygens (including phenoxy) is 4. The number of carbonyl (C=O) groups excluding carboxylic acids is 4. The van der Waals surface area contributed by atoms with Crippen LogP contribution in [-0.2, 0) is 25.5 Å². The van der Waals surface area contributed by atoms with E-state index in [2.05, 4.69) is 10.6 Å². The molecule has 1 aliphatic rings. The quantitative estimate of drug-likeness (QED) is 0.424. The van der Waals surface area contributed by atoms with Crippen LogP contribution < -0.4 is 20.1 Å². The summed E-state index contributed by atoms with van der Waals surface area (Å²) in [6.45, 7) is 2.78. The van der Waals surface area contributed by atoms with Crippen molar-refractivity contribution in [1.82, 2.24) is 0 Å². The van der Waals surface area contributed by atoms with Crippen molar-refractivity contribution in [3.63, 3.8) is 0 Å². The van der Waals surface area contributed by atoms with Gasteiger partial charge in [-0.3, -0.25) is 9.59 Å². The van der Waals surface area contributed by atoms with Crippen molar-refractivity contribution in [1.29, 1.82) is 0 Å². The highest BCUT2D eigenvalue weighted by Crippen LogP contribution is 2.37. The molecular formula is C26H24N2O8S. The van der Waals surface area contributed by atoms with E-state index in [1.54, 1.807) is 18.2 Å². The lowest BCUT2D eigenvalue weighted by Gasteiger charge is -2.09. The Morgan fingerprint density at radius 3 is 2.54 bits per heavy atom. The van der Waals surface area contributed by atoms with Crippen molar-refractivity contribution >= 4 is 45.8 Å². The van der Waals surface area contributed by atoms with Gasteiger partial charge in [0.25, 0.3) is 5.91 Å². The molecule has 37 heavy (non-hydrogen) atoms. The minimum absolute atomic E-state index is 0.158. The summed E-state index contributed by atoms with van der Waals surface area (Å²) in [5, 5.41) is 5.53. The van der Waals surface area contributed by atoms with Crippen LogP contribution in [0.1, 0.15) is 43.6 Å². The number of rotatable bonds is 8. The normalized spacial score (nSPS) is 11.5. The predicted octanol–water partition coefficient (Wildman–Crippen LogP) is 3.92. The lowest BCUT2D eigenvalue weighted by atomic mass is 10.0. The van der Waals surface area contributed by atoms with E-state index in [-0.39, 0.29) is 23.8 Å². The molecule has 0 spiro atoms. The molecule has 0 saturated carbocycles. The highest BCUT2D eigenvalue weighted by molar-refractivity contribution is 7.16. The number of aryl methyl sites for hydroxylation is 1. The van der Waals surface area contributed by atoms with Crippen molar-refractivity contribution in [3.05, 3.63) is 69.6 Å². The van der Waals surface area contributed by atoms with E-state index < -0.39 is 24.5 Å². The molecule has 0 unspecified atom stereocenters. The molecule has 1 aliphatic heterocycles. The second kappa shape index (κ2) is 11.1. The van der Waals surface area contributed by atoms with Crippen molar-refractivity contribution < 1.29 is 38.1 Å². The van der Waals surface area contributed by atoms with Crippen LogP contribution in [-0.4, -0.2) is 44.3 Å². The number of anilines is 2. The molecule has 0 fully saturated rings. The van der Waals surface area contributed by atoms with E-state index in [9.17, 15) is 19.2 Å². The topological polar surface area (TPSA) is 129 Å². The van der Waals surface area contributed by atoms with E-state index in [1.165, 1.54) is 37.5 Å². The molecule has 192 valence electrons. The minimum atomic E-state index is -0.735. The lowest BCUT2D eigenvalue weighted by molar-refractivity contribution is -0.119. The standard InChI is InChI=1S/C26H24N2O8S/c1-14-19(9-16-7-8-20-21(10-16)36-13-35-20)23(26(32)33-3)24(37-14)28-22(30)12-34-25(31)17-5-4-6-18(11-17)27-15(2)29/h4-8,10-11H,9,12-13H2,1-3H3,(H,27,29)(H,28,30). The third-order valence-corrected chi connectivity index (χ3v) is 6.49. The zero-order chi connectivity index (χ0) is 26.5. The van der Waals surface area contributed by atoms with Crippen molar-refractivity contribution in [2.45, 2.75) is 20.3 Å². The Morgan fingerprint density at radius 1 is 1.00 bits per heavy atom. The van der Waals surface area contributed by atoms with Crippen LogP contribution in [0.3, 0.4) is 0 Å². The Labute approximate surface area is 216 Å². The van der Waals surface area contributed by atoms with Crippen molar-refractivity contribution in [2.75, 3.05) is 31.1 Å². The number of carbonyl (C=O) groups is 4. The number of amides is 2. The molecule has 2 amide bonds. The molecule has 3 aromatic rings. The third kappa shape index (κ3) is 6.07. The van der Waals surface area contributed by atoms with Gasteiger partial charge < -0.3 is 29.6 Å². The SMILES string of the molecule is COC(=O)c1c(NC(=O)COC(=O)c2cccc(NC(C)=O)c2)sc(C)c1Cc1ccc2c(c1)OCO2. The van der Waals surface area contributed by atoms with Crippen molar-refractivity contribution in [3.8, 4) is 11.5 Å². The van der Waals surface area contributed by atoms with Crippen LogP contribution in [0.2, 0.25) is 0 Å². The second-order valence-electron chi connectivity index (χ2n) is 8.08. The average Bonchev–Trinajstić information content (AvgIpc) is 3.45. The summed E-state index contributed by atoms with van der Waals surface area (Å²) in [5.74, 6) is -0.947. The van der Waals surface area contributed by atoms with Gasteiger partial charge in [-0.1, -0.05) is 12.1 Å². The van der Waals surface area contributed by atoms with Crippen molar-refractivity contribution in [2.24, 2.45) is 0 Å². The highest BCUT2D eigenvalue weighted by Gasteiger charge is 2.25. The van der Waals surface area contributed by atoms with Crippen LogP contribution in [0.25, 0.3) is 0 Å². The second-order valence-corrected chi connectivity index (χ2v) is 9.31. The Balaban J connectivity index is 1.46. The molecule has 2 heterocycles. The highest BCUT2D eigenvalue weighted by atomic mass is 32.1. The summed E-state index contributed by atoms with van der Waals surface area (Å²) in [6, 6.07) is 11.7. The maximum atomic E-state index is 12.7. The molecule has 2 aromatic carbocycles. The number of thiophene rings is 1. The lowest BCUT2D eigenvalue weighted by Crippen LogP contribution is -2.22. The molecule has 0 saturated heterocycles. The Bertz CT molecular complexity index is 1380. The average molecular weight is 525 g/mol. The summed E-state index contributed by atoms with van der Waals surface area (Å²) in [7, 11) is 1.27. The van der Waals surface area contributed by atoms with Gasteiger partial charge in [0.15, 0.2) is 18.1 Å². The fraction of sp³-hybridized carbons (Fsp3) is 0.231. The molecule has 2 N–H and O–H groups in total. The van der Waals surface area contributed by atoms with Crippen LogP contribution >= 0.6 is 11.3 Å². The zero-order valence-corrected chi connectivity index (χ0v) is 21.2. The molecule has 11 heteroatoms. The monoisotopic (exact) mass is 524 g/mol. The summed E-state index contributed by atoms with van der Waals surface area (Å²) in [5.41, 5.74) is 2.44. The van der Waals surface area contributed by atoms with E-state index in [4.69, 9.17) is 18.9 Å². The summed E-state index contributed by atoms with van der Waals surface area (Å²) >= 11 is 1.23. The van der Waals surface area contributed by atoms with Crippen LogP contribution in [0.15, 0.2) is 42.5 Å². The maximum absolute atomic E-state index is 12.7. The van der Waals surface area contributed by atoms with Gasteiger partial charge in [-0.05, 0) is 54.8 Å². The molecule has 0 atom stereocenters. The first-order chi connectivity index (χ1) is 17.7. The third-order valence-electron chi connectivity index (χ3n) is 5.42. The van der Waals surface area contributed by atoms with Gasteiger partial charge in [0.2, 0.25) is 12.7 Å². The Morgan fingerprint density at radius 2 is 1.78 bits per heavy atom. The predicted molar refractivity (Wildman–Crippen MR) is 135 cm³/mol. The van der Waals surface area contributed by atoms with E-state index in [1.807, 2.05) is 19.1 Å². The number of hydrogen-bond donors (Lipinski definition) is 2. The molecule has 4 rings (SSSR count). The molecule has 10 nitrogen and oxygen atoms in total. The van der Waals surface area contributed by atoms with Crippen LogP contribution in [0.5, 0.6) is 11.5 Å². The number of nitrogens with one attached hydrogen (secondary N) is 2. The van der Waals surface area contributed by atoms with Gasteiger partial charge in [-0.25, -0.2) is 9.59 Å². The molecule has 0 bridgehead atoms. The van der Waals surface area contributed by atoms with Gasteiger partial charge in [0.05, 0.1) is 18.2 Å². The number of esters is 2. The molecule has 0 radical (unpaired) electrons. The number of benzene rings is 2. The number of fused-ring (bicyclic) bond motifs is 1. The van der Waals surface area contributed by atoms with Gasteiger partial charge >= 0.3 is 11.9 Å². The summed E-state index contributed by atoms with van der Waals surface area (Å²) in [4.78, 5) is 49.7. The van der Waals surface area contributed by atoms with Crippen LogP contribution in [0, 0.1) is 6.92 Å². The van der Waals surface area contributed by atoms with Gasteiger partial charge in [0, 0.05) is 17.5 Å². The van der Waals surface area contributed by atoms with Crippen LogP contribution in [0.4, 0.5) is 10.7 Å². The zero-order valence-electron chi connectivity index (χ0n) is 20.3. The van der Waals surface area contributed by atoms with Gasteiger partial charge in [-0.2, -0.15) is 0 Å². The molecule has 0 aliphatic carbocycles. The van der Waals surface area contributed by atoms with Gasteiger partial charge in [-0.15, -0.1) is 11.3 Å². The fourth-order valence-corrected chi connectivity index (χ4v) is 4.83. The first kappa shape index (κ1) is 25.7. The van der Waals surface area contributed by atoms with Gasteiger partial charge in [0.1, 0.15) is 5.00 Å². The van der Waals surface area contributed by atoms with E-state index in [0.717, 1.165) is 10.4 Å². The summed E-state index contributed by atoms with van der Waals surface area (Å²) in [6.07, 6.45) is 0.402. The molecule has 1 aromatic heterocycles.